The molecule has 1 amide bonds. The van der Waals surface area contributed by atoms with Crippen LogP contribution >= 0.6 is 0 Å². The SMILES string of the molecule is O=C(O)[C@@H]1COCCN1C(=O)[C@@H]1C[C@H]1c1ccccc1C(F)(F)F. The highest BCUT2D eigenvalue weighted by Crippen LogP contribution is 2.51. The Morgan fingerprint density at radius 2 is 1.96 bits per heavy atom. The van der Waals surface area contributed by atoms with Crippen molar-refractivity contribution in [1.29, 1.82) is 0 Å². The molecule has 0 bridgehead atoms. The van der Waals surface area contributed by atoms with Crippen LogP contribution in [0.1, 0.15) is 23.5 Å². The third-order valence-corrected chi connectivity index (χ3v) is 4.47. The van der Waals surface area contributed by atoms with Crippen LogP contribution in [0.4, 0.5) is 13.2 Å². The van der Waals surface area contributed by atoms with Crippen molar-refractivity contribution in [1.82, 2.24) is 4.90 Å². The molecule has 0 spiro atoms. The molecule has 1 saturated heterocycles. The largest absolute Gasteiger partial charge is 0.480 e. The normalized spacial score (nSPS) is 27.0. The molecule has 8 heteroatoms. The summed E-state index contributed by atoms with van der Waals surface area (Å²) in [6.07, 6.45) is -4.18. The van der Waals surface area contributed by atoms with Crippen LogP contribution in [-0.4, -0.2) is 47.7 Å². The summed E-state index contributed by atoms with van der Waals surface area (Å²) >= 11 is 0. The molecule has 1 heterocycles. The molecule has 24 heavy (non-hydrogen) atoms. The molecule has 2 aliphatic rings. The van der Waals surface area contributed by atoms with Gasteiger partial charge in [-0.3, -0.25) is 4.79 Å². The molecule has 3 rings (SSSR count). The predicted molar refractivity (Wildman–Crippen MR) is 76.2 cm³/mol. The van der Waals surface area contributed by atoms with Crippen molar-refractivity contribution in [3.8, 4) is 0 Å². The van der Waals surface area contributed by atoms with Gasteiger partial charge in [-0.15, -0.1) is 0 Å². The maximum absolute atomic E-state index is 13.1. The maximum atomic E-state index is 13.1. The minimum Gasteiger partial charge on any atom is -0.480 e. The van der Waals surface area contributed by atoms with E-state index in [-0.39, 0.29) is 25.3 Å². The number of aliphatic carboxylic acids is 1. The molecule has 2 fully saturated rings. The predicted octanol–water partition coefficient (Wildman–Crippen LogP) is 2.12. The highest BCUT2D eigenvalue weighted by molar-refractivity contribution is 5.88. The molecular weight excluding hydrogens is 327 g/mol. The molecule has 130 valence electrons. The zero-order valence-electron chi connectivity index (χ0n) is 12.6. The fourth-order valence-corrected chi connectivity index (χ4v) is 3.18. The van der Waals surface area contributed by atoms with Gasteiger partial charge in [-0.25, -0.2) is 4.79 Å². The van der Waals surface area contributed by atoms with E-state index in [9.17, 15) is 27.9 Å². The fraction of sp³-hybridized carbons (Fsp3) is 0.500. The summed E-state index contributed by atoms with van der Waals surface area (Å²) in [5.41, 5.74) is -0.634. The number of nitrogens with zero attached hydrogens (tertiary/aromatic N) is 1. The third kappa shape index (κ3) is 3.10. The van der Waals surface area contributed by atoms with Crippen LogP contribution in [0, 0.1) is 5.92 Å². The summed E-state index contributed by atoms with van der Waals surface area (Å²) in [5, 5.41) is 9.17. The number of rotatable bonds is 3. The lowest BCUT2D eigenvalue weighted by Crippen LogP contribution is -2.53. The molecule has 1 saturated carbocycles. The Morgan fingerprint density at radius 3 is 2.62 bits per heavy atom. The summed E-state index contributed by atoms with van der Waals surface area (Å²) in [6.45, 7) is 0.267. The third-order valence-electron chi connectivity index (χ3n) is 4.47. The molecular formula is C16H16F3NO4. The monoisotopic (exact) mass is 343 g/mol. The molecule has 0 radical (unpaired) electrons. The number of halogens is 3. The minimum atomic E-state index is -4.48. The van der Waals surface area contributed by atoms with Crippen LogP contribution in [-0.2, 0) is 20.5 Å². The van der Waals surface area contributed by atoms with Gasteiger partial charge in [0.2, 0.25) is 5.91 Å². The van der Waals surface area contributed by atoms with Crippen molar-refractivity contribution in [2.24, 2.45) is 5.92 Å². The average molecular weight is 343 g/mol. The van der Waals surface area contributed by atoms with Crippen molar-refractivity contribution >= 4 is 11.9 Å². The number of ether oxygens (including phenoxy) is 1. The molecule has 5 nitrogen and oxygen atoms in total. The van der Waals surface area contributed by atoms with E-state index in [0.29, 0.717) is 6.42 Å². The molecule has 0 aromatic heterocycles. The van der Waals surface area contributed by atoms with E-state index in [4.69, 9.17) is 4.74 Å². The van der Waals surface area contributed by atoms with E-state index in [1.165, 1.54) is 23.1 Å². The van der Waals surface area contributed by atoms with Crippen LogP contribution in [0.2, 0.25) is 0 Å². The number of amides is 1. The zero-order valence-corrected chi connectivity index (χ0v) is 12.6. The van der Waals surface area contributed by atoms with Gasteiger partial charge in [0.1, 0.15) is 0 Å². The highest BCUT2D eigenvalue weighted by Gasteiger charge is 2.50. The lowest BCUT2D eigenvalue weighted by Gasteiger charge is -2.33. The first kappa shape index (κ1) is 16.8. The minimum absolute atomic E-state index is 0.0996. The Balaban J connectivity index is 1.78. The molecule has 1 aliphatic heterocycles. The van der Waals surface area contributed by atoms with Crippen LogP contribution in [0.15, 0.2) is 24.3 Å². The molecule has 1 N–H and O–H groups in total. The first-order chi connectivity index (χ1) is 11.3. The van der Waals surface area contributed by atoms with Gasteiger partial charge < -0.3 is 14.7 Å². The number of hydrogen-bond acceptors (Lipinski definition) is 3. The summed E-state index contributed by atoms with van der Waals surface area (Å²) in [4.78, 5) is 25.0. The summed E-state index contributed by atoms with van der Waals surface area (Å²) in [7, 11) is 0. The number of carboxylic acids is 1. The maximum Gasteiger partial charge on any atom is 0.416 e. The summed E-state index contributed by atoms with van der Waals surface area (Å²) < 4.78 is 44.4. The van der Waals surface area contributed by atoms with Gasteiger partial charge in [-0.1, -0.05) is 18.2 Å². The number of carbonyl (C=O) groups excluding carboxylic acids is 1. The first-order valence-corrected chi connectivity index (χ1v) is 7.58. The average Bonchev–Trinajstić information content (AvgIpc) is 3.34. The molecule has 0 unspecified atom stereocenters. The standard InChI is InChI=1S/C16H16F3NO4/c17-16(18,19)12-4-2-1-3-9(12)10-7-11(10)14(21)20-5-6-24-8-13(20)15(22)23/h1-4,10-11,13H,5-8H2,(H,22,23)/t10-,11+,13-/m0/s1. The van der Waals surface area contributed by atoms with Crippen molar-refractivity contribution in [3.05, 3.63) is 35.4 Å². The van der Waals surface area contributed by atoms with Crippen molar-refractivity contribution in [3.63, 3.8) is 0 Å². The topological polar surface area (TPSA) is 66.8 Å². The Morgan fingerprint density at radius 1 is 1.25 bits per heavy atom. The van der Waals surface area contributed by atoms with E-state index >= 15 is 0 Å². The molecule has 1 aliphatic carbocycles. The van der Waals surface area contributed by atoms with E-state index in [2.05, 4.69) is 0 Å². The Bertz CT molecular complexity index is 661. The number of benzene rings is 1. The highest BCUT2D eigenvalue weighted by atomic mass is 19.4. The Hall–Kier alpha value is -2.09. The van der Waals surface area contributed by atoms with Gasteiger partial charge in [0.15, 0.2) is 6.04 Å². The smallest absolute Gasteiger partial charge is 0.416 e. The first-order valence-electron chi connectivity index (χ1n) is 7.58. The second-order valence-corrected chi connectivity index (χ2v) is 5.99. The van der Waals surface area contributed by atoms with Crippen LogP contribution < -0.4 is 0 Å². The van der Waals surface area contributed by atoms with Crippen LogP contribution in [0.3, 0.4) is 0 Å². The van der Waals surface area contributed by atoms with Crippen molar-refractivity contribution < 1.29 is 32.6 Å². The van der Waals surface area contributed by atoms with Crippen LogP contribution in [0.5, 0.6) is 0 Å². The summed E-state index contributed by atoms with van der Waals surface area (Å²) in [6, 6.07) is 4.14. The number of morpholine rings is 1. The quantitative estimate of drug-likeness (QED) is 0.913. The molecule has 3 atom stereocenters. The van der Waals surface area contributed by atoms with Crippen molar-refractivity contribution in [2.45, 2.75) is 24.6 Å². The zero-order chi connectivity index (χ0) is 17.5. The van der Waals surface area contributed by atoms with Gasteiger partial charge in [-0.2, -0.15) is 13.2 Å². The second-order valence-electron chi connectivity index (χ2n) is 5.99. The van der Waals surface area contributed by atoms with Gasteiger partial charge in [0, 0.05) is 12.5 Å². The second kappa shape index (κ2) is 6.08. The van der Waals surface area contributed by atoms with Crippen LogP contribution in [0.25, 0.3) is 0 Å². The van der Waals surface area contributed by atoms with E-state index in [1.807, 2.05) is 0 Å². The lowest BCUT2D eigenvalue weighted by atomic mass is 10.0. The lowest BCUT2D eigenvalue weighted by molar-refractivity contribution is -0.159. The van der Waals surface area contributed by atoms with Gasteiger partial charge in [0.05, 0.1) is 18.8 Å². The van der Waals surface area contributed by atoms with E-state index < -0.39 is 41.5 Å². The van der Waals surface area contributed by atoms with Gasteiger partial charge >= 0.3 is 12.1 Å². The molecule has 1 aromatic rings. The van der Waals surface area contributed by atoms with Crippen molar-refractivity contribution in [2.75, 3.05) is 19.8 Å². The Kier molecular flexibility index (Phi) is 4.25. The fourth-order valence-electron chi connectivity index (χ4n) is 3.18. The number of carboxylic acid groups (broad SMARTS) is 1. The number of alkyl halides is 3. The summed E-state index contributed by atoms with van der Waals surface area (Å²) in [5.74, 6) is -2.70. The van der Waals surface area contributed by atoms with E-state index in [0.717, 1.165) is 6.07 Å². The number of carbonyl (C=O) groups is 2. The van der Waals surface area contributed by atoms with Gasteiger partial charge in [0.25, 0.3) is 0 Å². The van der Waals surface area contributed by atoms with Gasteiger partial charge in [-0.05, 0) is 24.0 Å². The number of hydrogen-bond donors (Lipinski definition) is 1. The Labute approximate surface area is 136 Å². The van der Waals surface area contributed by atoms with E-state index in [1.54, 1.807) is 0 Å². The molecule has 1 aromatic carbocycles.